The van der Waals surface area contributed by atoms with Crippen LogP contribution in [0.4, 0.5) is 0 Å². The van der Waals surface area contributed by atoms with E-state index >= 15 is 0 Å². The van der Waals surface area contributed by atoms with Crippen LogP contribution in [0.5, 0.6) is 0 Å². The van der Waals surface area contributed by atoms with Crippen molar-refractivity contribution >= 4 is 24.4 Å². The summed E-state index contributed by atoms with van der Waals surface area (Å²) in [7, 11) is 0. The van der Waals surface area contributed by atoms with E-state index in [2.05, 4.69) is 54.8 Å². The second-order valence-electron chi connectivity index (χ2n) is 6.76. The van der Waals surface area contributed by atoms with Crippen LogP contribution in [0.1, 0.15) is 56.1 Å². The number of allylic oxidation sites excluding steroid dienone is 4. The summed E-state index contributed by atoms with van der Waals surface area (Å²) < 4.78 is 0. The van der Waals surface area contributed by atoms with Crippen molar-refractivity contribution in [3.05, 3.63) is 83.0 Å². The van der Waals surface area contributed by atoms with Crippen molar-refractivity contribution in [2.45, 2.75) is 57.8 Å². The maximum atomic E-state index is 3.23. The smallest absolute Gasteiger partial charge is 0.0512 e. The Morgan fingerprint density at radius 2 is 1.54 bits per heavy atom. The van der Waals surface area contributed by atoms with Crippen LogP contribution in [0.15, 0.2) is 71.8 Å². The summed E-state index contributed by atoms with van der Waals surface area (Å²) in [6.07, 6.45) is 16.9. The van der Waals surface area contributed by atoms with Gasteiger partial charge in [0, 0.05) is 0 Å². The molecule has 26 heavy (non-hydrogen) atoms. The number of aryl methyl sites for hydroxylation is 2. The zero-order valence-corrected chi connectivity index (χ0v) is 21.0. The fourth-order valence-electron chi connectivity index (χ4n) is 3.70. The topological polar surface area (TPSA) is 0 Å². The largest absolute Gasteiger partial charge is 0.214 e. The Morgan fingerprint density at radius 1 is 0.846 bits per heavy atom. The molecule has 0 radical (unpaired) electrons. The predicted molar refractivity (Wildman–Crippen MR) is 118 cm³/mol. The van der Waals surface area contributed by atoms with E-state index in [1.165, 1.54) is 57.8 Å². The van der Waals surface area contributed by atoms with Crippen molar-refractivity contribution in [3.8, 4) is 0 Å². The van der Waals surface area contributed by atoms with E-state index in [4.69, 9.17) is 0 Å². The first-order valence-electron chi connectivity index (χ1n) is 9.59. The molecule has 0 spiro atoms. The Hall–Kier alpha value is 0.0231. The average molecular weight is 556 g/mol. The first kappa shape index (κ1) is 22.3. The molecule has 0 atom stereocenters. The number of hydrogen-bond donors (Lipinski definition) is 0. The molecule has 0 fully saturated rings. The third kappa shape index (κ3) is 8.36. The molecule has 0 aromatic heterocycles. The van der Waals surface area contributed by atoms with Crippen molar-refractivity contribution in [3.63, 3.8) is 0 Å². The minimum absolute atomic E-state index is 0.145. The average Bonchev–Trinajstić information content (AvgIpc) is 3.46. The van der Waals surface area contributed by atoms with Gasteiger partial charge in [0.2, 0.25) is 0 Å². The van der Waals surface area contributed by atoms with Crippen LogP contribution >= 0.6 is 24.4 Å². The van der Waals surface area contributed by atoms with E-state index in [0.29, 0.717) is 0 Å². The first-order valence-corrected chi connectivity index (χ1v) is 20.8. The molecular formula is C23H28Br2Zr. The Balaban J connectivity index is 0.000000135. The van der Waals surface area contributed by atoms with Gasteiger partial charge in [0.1, 0.15) is 0 Å². The van der Waals surface area contributed by atoms with Gasteiger partial charge in [0.25, 0.3) is 0 Å². The van der Waals surface area contributed by atoms with Gasteiger partial charge in [-0.2, -0.15) is 41.5 Å². The number of hydrogen-bond acceptors (Lipinski definition) is 0. The maximum absolute atomic E-state index is 3.23. The van der Waals surface area contributed by atoms with Gasteiger partial charge in [0.05, 0.1) is 0 Å². The SMILES string of the molecule is C1=CC2=C(C1)CCCC2.[Br][Zr+2][Br].c1cc2c([cH-]1)CCCC2.c1cc[cH-]c1. The van der Waals surface area contributed by atoms with Crippen LogP contribution < -0.4 is 0 Å². The molecule has 0 heterocycles. The first-order chi connectivity index (χ1) is 12.8. The molecule has 5 rings (SSSR count). The van der Waals surface area contributed by atoms with Gasteiger partial charge in [-0.25, -0.2) is 18.2 Å². The summed E-state index contributed by atoms with van der Waals surface area (Å²) in [4.78, 5) is 0. The standard InChI is InChI=1S/C9H12.C9H11.C5H5.2BrH.Zr/c2*1-2-5-9-7-3-6-8(9)4-1;1-2-4-5-3-1;;;/h3,6H,1-2,4-5,7H2;3,6-7H,1-2,4-5H2;1-5H;2*1H;/q;2*-1;;;+4/p-2. The van der Waals surface area contributed by atoms with E-state index in [-0.39, 0.29) is 18.5 Å². The molecule has 0 N–H and O–H groups in total. The molecule has 0 saturated carbocycles. The normalized spacial score (nSPS) is 16.5. The number of rotatable bonds is 0. The second-order valence-corrected chi connectivity index (χ2v) is 18.1. The van der Waals surface area contributed by atoms with Crippen molar-refractivity contribution in [1.29, 1.82) is 0 Å². The molecule has 0 nitrogen and oxygen atoms in total. The summed E-state index contributed by atoms with van der Waals surface area (Å²) in [5.41, 5.74) is 6.57. The quantitative estimate of drug-likeness (QED) is 0.288. The van der Waals surface area contributed by atoms with Gasteiger partial charge in [-0.15, -0.1) is 0 Å². The predicted octanol–water partition coefficient (Wildman–Crippen LogP) is 8.20. The van der Waals surface area contributed by atoms with Crippen molar-refractivity contribution in [2.24, 2.45) is 0 Å². The van der Waals surface area contributed by atoms with Gasteiger partial charge in [-0.05, 0) is 37.7 Å². The van der Waals surface area contributed by atoms with E-state index < -0.39 is 0 Å². The van der Waals surface area contributed by atoms with E-state index in [1.54, 1.807) is 22.3 Å². The number of halogens is 2. The zero-order valence-electron chi connectivity index (χ0n) is 15.4. The molecule has 0 amide bonds. The van der Waals surface area contributed by atoms with Crippen molar-refractivity contribution < 1.29 is 18.5 Å². The van der Waals surface area contributed by atoms with Gasteiger partial charge in [-0.3, -0.25) is 0 Å². The molecule has 138 valence electrons. The van der Waals surface area contributed by atoms with Crippen LogP contribution in [0.25, 0.3) is 0 Å². The van der Waals surface area contributed by atoms with E-state index in [0.717, 1.165) is 0 Å². The van der Waals surface area contributed by atoms with Crippen LogP contribution in [-0.2, 0) is 31.4 Å². The summed E-state index contributed by atoms with van der Waals surface area (Å²) in [6.45, 7) is 0. The van der Waals surface area contributed by atoms with Gasteiger partial charge in [-0.1, -0.05) is 43.4 Å². The fraction of sp³-hybridized carbons (Fsp3) is 0.391. The second kappa shape index (κ2) is 14.1. The number of fused-ring (bicyclic) bond motifs is 1. The van der Waals surface area contributed by atoms with Crippen molar-refractivity contribution in [2.75, 3.05) is 0 Å². The summed E-state index contributed by atoms with van der Waals surface area (Å²) in [5.74, 6) is 0. The monoisotopic (exact) mass is 552 g/mol. The Morgan fingerprint density at radius 3 is 2.19 bits per heavy atom. The summed E-state index contributed by atoms with van der Waals surface area (Å²) >= 11 is 6.32. The van der Waals surface area contributed by atoms with E-state index in [9.17, 15) is 0 Å². The third-order valence-corrected chi connectivity index (χ3v) is 5.02. The maximum Gasteiger partial charge on any atom is -0.0512 e. The third-order valence-electron chi connectivity index (χ3n) is 5.02. The Labute approximate surface area is 182 Å². The van der Waals surface area contributed by atoms with Crippen molar-refractivity contribution in [1.82, 2.24) is 0 Å². The molecule has 3 heteroatoms. The molecule has 3 aliphatic carbocycles. The Kier molecular flexibility index (Phi) is 12.1. The summed E-state index contributed by atoms with van der Waals surface area (Å²) in [6, 6.07) is 16.7. The molecule has 0 saturated heterocycles. The molecule has 0 aliphatic heterocycles. The molecule has 0 bridgehead atoms. The molecule has 3 aliphatic rings. The van der Waals surface area contributed by atoms with Gasteiger partial charge in [0.15, 0.2) is 0 Å². The van der Waals surface area contributed by atoms with E-state index in [1.807, 2.05) is 30.3 Å². The zero-order chi connectivity index (χ0) is 18.5. The fourth-order valence-corrected chi connectivity index (χ4v) is 3.70. The molecule has 2 aromatic carbocycles. The molecule has 0 unspecified atom stereocenters. The van der Waals surface area contributed by atoms with Crippen LogP contribution in [0, 0.1) is 0 Å². The van der Waals surface area contributed by atoms with Crippen LogP contribution in [-0.4, -0.2) is 0 Å². The van der Waals surface area contributed by atoms with Crippen LogP contribution in [0.3, 0.4) is 0 Å². The molecular weight excluding hydrogens is 527 g/mol. The van der Waals surface area contributed by atoms with Gasteiger partial charge < -0.3 is 0 Å². The van der Waals surface area contributed by atoms with Crippen LogP contribution in [0.2, 0.25) is 0 Å². The Bertz CT molecular complexity index is 612. The summed E-state index contributed by atoms with van der Waals surface area (Å²) in [5, 5.41) is 0. The van der Waals surface area contributed by atoms with Gasteiger partial charge >= 0.3 is 43.0 Å². The minimum atomic E-state index is -0.145. The molecule has 2 aromatic rings. The minimum Gasteiger partial charge on any atom is -0.214 e.